The number of hydrogen-bond donors (Lipinski definition) is 1. The summed E-state index contributed by atoms with van der Waals surface area (Å²) in [5, 5.41) is 12.1. The van der Waals surface area contributed by atoms with Gasteiger partial charge in [0.05, 0.1) is 18.1 Å². The zero-order valence-corrected chi connectivity index (χ0v) is 15.2. The van der Waals surface area contributed by atoms with Crippen molar-refractivity contribution in [1.29, 1.82) is 0 Å². The minimum absolute atomic E-state index is 0.0860. The number of ether oxygens (including phenoxy) is 2. The largest absolute Gasteiger partial charge is 0.493 e. The summed E-state index contributed by atoms with van der Waals surface area (Å²) in [6, 6.07) is 4.16. The highest BCUT2D eigenvalue weighted by atomic mass is 16.5. The lowest BCUT2D eigenvalue weighted by Gasteiger charge is -2.62. The van der Waals surface area contributed by atoms with Crippen LogP contribution >= 0.6 is 0 Å². The lowest BCUT2D eigenvalue weighted by molar-refractivity contribution is -0.188. The van der Waals surface area contributed by atoms with E-state index in [0.717, 1.165) is 37.4 Å². The second-order valence-corrected chi connectivity index (χ2v) is 8.90. The van der Waals surface area contributed by atoms with Gasteiger partial charge in [-0.1, -0.05) is 6.07 Å². The van der Waals surface area contributed by atoms with E-state index in [0.29, 0.717) is 24.3 Å². The molecule has 26 heavy (non-hydrogen) atoms. The number of carbonyl (C=O) groups is 1. The maximum absolute atomic E-state index is 12.8. The first kappa shape index (κ1) is 15.5. The lowest BCUT2D eigenvalue weighted by atomic mass is 9.49. The third-order valence-corrected chi connectivity index (χ3v) is 7.76. The highest BCUT2D eigenvalue weighted by Crippen LogP contribution is 2.65. The van der Waals surface area contributed by atoms with E-state index in [4.69, 9.17) is 9.47 Å². The van der Waals surface area contributed by atoms with Gasteiger partial charge in [0.15, 0.2) is 23.4 Å². The fourth-order valence-electron chi connectivity index (χ4n) is 6.41. The number of piperidine rings is 1. The van der Waals surface area contributed by atoms with E-state index in [2.05, 4.69) is 11.0 Å². The monoisotopic (exact) mass is 355 g/mol. The van der Waals surface area contributed by atoms with Crippen LogP contribution in [0.25, 0.3) is 0 Å². The van der Waals surface area contributed by atoms with Crippen molar-refractivity contribution in [2.45, 2.75) is 61.7 Å². The van der Waals surface area contributed by atoms with Crippen molar-refractivity contribution in [1.82, 2.24) is 4.90 Å². The normalized spacial score (nSPS) is 40.2. The molecular formula is C21H25NO4. The molecule has 2 aliphatic heterocycles. The van der Waals surface area contributed by atoms with Gasteiger partial charge in [0.2, 0.25) is 0 Å². The summed E-state index contributed by atoms with van der Waals surface area (Å²) in [6.07, 6.45) is 4.65. The van der Waals surface area contributed by atoms with E-state index in [1.54, 1.807) is 7.11 Å². The maximum Gasteiger partial charge on any atom is 0.174 e. The van der Waals surface area contributed by atoms with Gasteiger partial charge in [-0.15, -0.1) is 0 Å². The van der Waals surface area contributed by atoms with Crippen LogP contribution in [0, 0.1) is 5.92 Å². The molecule has 1 N–H and O–H groups in total. The minimum atomic E-state index is -0.886. The molecule has 5 nitrogen and oxygen atoms in total. The summed E-state index contributed by atoms with van der Waals surface area (Å²) in [5.74, 6) is 2.32. The van der Waals surface area contributed by atoms with Crippen LogP contribution in [-0.4, -0.2) is 53.7 Å². The van der Waals surface area contributed by atoms with E-state index >= 15 is 0 Å². The van der Waals surface area contributed by atoms with Crippen LogP contribution in [0.15, 0.2) is 12.1 Å². The third-order valence-electron chi connectivity index (χ3n) is 7.76. The van der Waals surface area contributed by atoms with Gasteiger partial charge in [-0.05, 0) is 56.2 Å². The molecule has 1 saturated heterocycles. The predicted octanol–water partition coefficient (Wildman–Crippen LogP) is 1.83. The Morgan fingerprint density at radius 1 is 1.35 bits per heavy atom. The van der Waals surface area contributed by atoms with E-state index in [1.807, 2.05) is 6.07 Å². The van der Waals surface area contributed by atoms with E-state index in [-0.39, 0.29) is 11.8 Å². The van der Waals surface area contributed by atoms with Gasteiger partial charge in [-0.3, -0.25) is 9.69 Å². The van der Waals surface area contributed by atoms with Gasteiger partial charge >= 0.3 is 0 Å². The highest BCUT2D eigenvalue weighted by molar-refractivity contribution is 5.90. The van der Waals surface area contributed by atoms with E-state index in [9.17, 15) is 9.90 Å². The quantitative estimate of drug-likeness (QED) is 0.896. The molecule has 1 aromatic carbocycles. The van der Waals surface area contributed by atoms with Crippen molar-refractivity contribution in [3.05, 3.63) is 23.3 Å². The summed E-state index contributed by atoms with van der Waals surface area (Å²) in [6.45, 7) is 2.02. The molecule has 2 heterocycles. The summed E-state index contributed by atoms with van der Waals surface area (Å²) in [4.78, 5) is 15.4. The molecule has 138 valence electrons. The van der Waals surface area contributed by atoms with Crippen molar-refractivity contribution in [3.63, 3.8) is 0 Å². The first-order valence-corrected chi connectivity index (χ1v) is 9.94. The number of aliphatic hydroxyl groups is 1. The van der Waals surface area contributed by atoms with Crippen molar-refractivity contribution >= 4 is 5.78 Å². The van der Waals surface area contributed by atoms with Gasteiger partial charge in [-0.25, -0.2) is 0 Å². The summed E-state index contributed by atoms with van der Waals surface area (Å²) in [5.41, 5.74) is 0.821. The number of benzene rings is 1. The highest BCUT2D eigenvalue weighted by Gasteiger charge is 2.73. The number of nitrogens with zero attached hydrogens (tertiary/aromatic N) is 1. The van der Waals surface area contributed by atoms with Crippen LogP contribution in [0.2, 0.25) is 0 Å². The zero-order chi connectivity index (χ0) is 17.7. The summed E-state index contributed by atoms with van der Waals surface area (Å²) in [7, 11) is 1.64. The Bertz CT molecular complexity index is 818. The minimum Gasteiger partial charge on any atom is -0.493 e. The number of rotatable bonds is 3. The molecule has 2 bridgehead atoms. The number of likely N-dealkylation sites (tertiary alicyclic amines) is 1. The Morgan fingerprint density at radius 3 is 2.96 bits per heavy atom. The average Bonchev–Trinajstić information content (AvgIpc) is 3.37. The number of methoxy groups -OCH3 is 1. The molecule has 3 aliphatic carbocycles. The maximum atomic E-state index is 12.8. The van der Waals surface area contributed by atoms with Crippen molar-refractivity contribution in [2.75, 3.05) is 20.2 Å². The van der Waals surface area contributed by atoms with Crippen molar-refractivity contribution in [2.24, 2.45) is 5.92 Å². The van der Waals surface area contributed by atoms with Crippen LogP contribution in [0.1, 0.15) is 43.2 Å². The van der Waals surface area contributed by atoms with Gasteiger partial charge in [0, 0.05) is 24.6 Å². The number of carbonyl (C=O) groups excluding carboxylic acids is 1. The summed E-state index contributed by atoms with van der Waals surface area (Å²) >= 11 is 0. The van der Waals surface area contributed by atoms with E-state index in [1.165, 1.54) is 18.4 Å². The van der Waals surface area contributed by atoms with Crippen molar-refractivity contribution < 1.29 is 19.4 Å². The molecule has 1 aromatic rings. The first-order valence-electron chi connectivity index (χ1n) is 9.94. The zero-order valence-electron chi connectivity index (χ0n) is 15.2. The average molecular weight is 355 g/mol. The fraction of sp³-hybridized carbons (Fsp3) is 0.667. The molecule has 0 aromatic heterocycles. The van der Waals surface area contributed by atoms with Crippen molar-refractivity contribution in [3.8, 4) is 11.5 Å². The lowest BCUT2D eigenvalue weighted by Crippen LogP contribution is -2.76. The Kier molecular flexibility index (Phi) is 2.86. The fourth-order valence-corrected chi connectivity index (χ4v) is 6.41. The smallest absolute Gasteiger partial charge is 0.174 e. The Balaban J connectivity index is 1.57. The van der Waals surface area contributed by atoms with Crippen LogP contribution in [0.4, 0.5) is 0 Å². The van der Waals surface area contributed by atoms with E-state index < -0.39 is 17.1 Å². The topological polar surface area (TPSA) is 59.0 Å². The second kappa shape index (κ2) is 4.82. The standard InChI is InChI=1S/C21H25NO4/c1-25-15-5-4-13-10-16-21(24)7-6-14(23)19-20(21,17(13)18(15)26-19)8-9-22(16)11-12-2-3-12/h4-5,12,16,19,24H,2-3,6-11H2,1H3/t16?,19-,20?,21+/m0/s1. The van der Waals surface area contributed by atoms with Crippen LogP contribution < -0.4 is 9.47 Å². The molecule has 2 saturated carbocycles. The molecule has 3 fully saturated rings. The molecule has 0 radical (unpaired) electrons. The molecule has 1 spiro atoms. The Hall–Kier alpha value is -1.59. The Labute approximate surface area is 153 Å². The SMILES string of the molecule is COc1ccc2c3c1O[C@H]1C(=O)CC[C@@]4(O)C(C2)N(CC2CC2)CCC314. The van der Waals surface area contributed by atoms with Crippen LogP contribution in [0.5, 0.6) is 11.5 Å². The molecule has 5 aliphatic rings. The molecular weight excluding hydrogens is 330 g/mol. The molecule has 4 atom stereocenters. The Morgan fingerprint density at radius 2 is 2.19 bits per heavy atom. The van der Waals surface area contributed by atoms with Gasteiger partial charge in [0.1, 0.15) is 0 Å². The number of ketones is 1. The van der Waals surface area contributed by atoms with Gasteiger partial charge in [0.25, 0.3) is 0 Å². The molecule has 0 amide bonds. The molecule has 5 heteroatoms. The predicted molar refractivity (Wildman–Crippen MR) is 94.7 cm³/mol. The number of Topliss-reactive ketones (excluding diaryl/α,β-unsaturated/α-hetero) is 1. The second-order valence-electron chi connectivity index (χ2n) is 8.90. The van der Waals surface area contributed by atoms with Gasteiger partial charge in [-0.2, -0.15) is 0 Å². The number of hydrogen-bond acceptors (Lipinski definition) is 5. The van der Waals surface area contributed by atoms with Crippen LogP contribution in [0.3, 0.4) is 0 Å². The first-order chi connectivity index (χ1) is 12.6. The third kappa shape index (κ3) is 1.63. The summed E-state index contributed by atoms with van der Waals surface area (Å²) < 4.78 is 11.8. The van der Waals surface area contributed by atoms with Gasteiger partial charge < -0.3 is 14.6 Å². The molecule has 6 rings (SSSR count). The molecule has 2 unspecified atom stereocenters. The van der Waals surface area contributed by atoms with Crippen LogP contribution in [-0.2, 0) is 16.6 Å².